The van der Waals surface area contributed by atoms with Crippen molar-refractivity contribution in [3.63, 3.8) is 0 Å². The zero-order valence-corrected chi connectivity index (χ0v) is 16.4. The first-order valence-electron chi connectivity index (χ1n) is 8.72. The van der Waals surface area contributed by atoms with E-state index in [1.165, 1.54) is 0 Å². The largest absolute Gasteiger partial charge is 0.397 e. The Kier molecular flexibility index (Phi) is 8.47. The molecule has 2 heterocycles. The Morgan fingerprint density at radius 1 is 1.00 bits per heavy atom. The molecule has 2 rings (SSSR count). The zero-order chi connectivity index (χ0) is 22.8. The highest BCUT2D eigenvalue weighted by atomic mass is 32.3. The molecule has 0 saturated carbocycles. The minimum Gasteiger partial charge on any atom is -0.394 e. The first-order chi connectivity index (χ1) is 13.9. The van der Waals surface area contributed by atoms with E-state index in [-0.39, 0.29) is 0 Å². The van der Waals surface area contributed by atoms with Gasteiger partial charge in [0.1, 0.15) is 48.8 Å². The number of nitrogens with one attached hydrogen (secondary N) is 1. The lowest BCUT2D eigenvalue weighted by molar-refractivity contribution is -0.341. The predicted octanol–water partition coefficient (Wildman–Crippen LogP) is -5.43. The lowest BCUT2D eigenvalue weighted by atomic mass is 9.95. The molecule has 0 unspecified atom stereocenters. The van der Waals surface area contributed by atoms with Crippen LogP contribution in [0.2, 0.25) is 0 Å². The number of hydrogen-bond donors (Lipinski definition) is 8. The van der Waals surface area contributed by atoms with Gasteiger partial charge in [0.05, 0.1) is 13.2 Å². The van der Waals surface area contributed by atoms with Crippen molar-refractivity contribution in [1.82, 2.24) is 5.32 Å². The summed E-state index contributed by atoms with van der Waals surface area (Å²) in [6, 6.07) is -1.40. The Labute approximate surface area is 170 Å². The van der Waals surface area contributed by atoms with Gasteiger partial charge < -0.3 is 50.2 Å². The van der Waals surface area contributed by atoms with Crippen LogP contribution < -0.4 is 5.32 Å². The Morgan fingerprint density at radius 3 is 2.17 bits per heavy atom. The molecule has 2 aliphatic heterocycles. The molecular formula is C14H25NO14S. The minimum absolute atomic E-state index is 0.647. The van der Waals surface area contributed by atoms with E-state index >= 15 is 0 Å². The lowest BCUT2D eigenvalue weighted by Crippen LogP contribution is -2.67. The minimum atomic E-state index is -4.91. The molecule has 0 aromatic rings. The van der Waals surface area contributed by atoms with Crippen LogP contribution in [0, 0.1) is 0 Å². The second-order valence-electron chi connectivity index (χ2n) is 6.79. The standard InChI is InChI=1S/C14H25NO14S/c1-4(17)15-7-12(9(19)5(2-16)27-13(7)22)29-14-11(21)10(20)8(18)6(28-14)3-26-30(23,24)25/h5-14,16,18-22H,2-3H2,1H3,(H,15,17)(H,23,24,25)/t5-,6-,7-,8-,9-,10-,11-,12+,13-,14-/m0/s1. The topological polar surface area (TPSA) is 242 Å². The molecule has 0 aliphatic carbocycles. The average molecular weight is 463 g/mol. The number of hydrogen-bond acceptors (Lipinski definition) is 13. The monoisotopic (exact) mass is 463 g/mol. The Bertz CT molecular complexity index is 690. The third-order valence-electron chi connectivity index (χ3n) is 4.58. The summed E-state index contributed by atoms with van der Waals surface area (Å²) >= 11 is 0. The molecule has 15 nitrogen and oxygen atoms in total. The molecule has 0 aromatic heterocycles. The maximum absolute atomic E-state index is 11.4. The van der Waals surface area contributed by atoms with Gasteiger partial charge in [-0.1, -0.05) is 0 Å². The van der Waals surface area contributed by atoms with Crippen LogP contribution in [0.25, 0.3) is 0 Å². The van der Waals surface area contributed by atoms with E-state index in [9.17, 15) is 43.9 Å². The van der Waals surface area contributed by atoms with Crippen molar-refractivity contribution in [2.75, 3.05) is 13.2 Å². The number of carbonyl (C=O) groups excluding carboxylic acids is 1. The van der Waals surface area contributed by atoms with Crippen molar-refractivity contribution in [3.8, 4) is 0 Å². The van der Waals surface area contributed by atoms with Crippen LogP contribution in [0.1, 0.15) is 6.92 Å². The summed E-state index contributed by atoms with van der Waals surface area (Å²) in [5.74, 6) is -0.647. The molecule has 16 heteroatoms. The number of ether oxygens (including phenoxy) is 3. The van der Waals surface area contributed by atoms with Gasteiger partial charge in [0.25, 0.3) is 0 Å². The van der Waals surface area contributed by atoms with E-state index in [1.54, 1.807) is 0 Å². The highest BCUT2D eigenvalue weighted by molar-refractivity contribution is 7.80. The molecule has 176 valence electrons. The van der Waals surface area contributed by atoms with Crippen molar-refractivity contribution in [3.05, 3.63) is 0 Å². The second kappa shape index (κ2) is 10.1. The molecule has 2 aliphatic rings. The fourth-order valence-corrected chi connectivity index (χ4v) is 3.42. The van der Waals surface area contributed by atoms with Crippen LogP contribution in [-0.4, -0.2) is 124 Å². The molecule has 0 radical (unpaired) electrons. The third kappa shape index (κ3) is 6.02. The van der Waals surface area contributed by atoms with Gasteiger partial charge in [-0.25, -0.2) is 4.18 Å². The van der Waals surface area contributed by atoms with Crippen LogP contribution >= 0.6 is 0 Å². The highest BCUT2D eigenvalue weighted by Gasteiger charge is 2.51. The fourth-order valence-electron chi connectivity index (χ4n) is 3.11. The molecular weight excluding hydrogens is 438 g/mol. The number of aliphatic hydroxyl groups is 6. The Morgan fingerprint density at radius 2 is 1.63 bits per heavy atom. The van der Waals surface area contributed by atoms with E-state index in [2.05, 4.69) is 9.50 Å². The van der Waals surface area contributed by atoms with Gasteiger partial charge in [-0.05, 0) is 0 Å². The van der Waals surface area contributed by atoms with Gasteiger partial charge in [-0.3, -0.25) is 9.35 Å². The fraction of sp³-hybridized carbons (Fsp3) is 0.929. The Balaban J connectivity index is 2.22. The van der Waals surface area contributed by atoms with Crippen LogP contribution in [-0.2, 0) is 33.6 Å². The van der Waals surface area contributed by atoms with Gasteiger partial charge in [-0.2, -0.15) is 8.42 Å². The maximum Gasteiger partial charge on any atom is 0.397 e. The highest BCUT2D eigenvalue weighted by Crippen LogP contribution is 2.29. The summed E-state index contributed by atoms with van der Waals surface area (Å²) in [5.41, 5.74) is 0. The van der Waals surface area contributed by atoms with E-state index in [4.69, 9.17) is 18.8 Å². The smallest absolute Gasteiger partial charge is 0.394 e. The number of carbonyl (C=O) groups is 1. The normalized spacial score (nSPS) is 42.7. The average Bonchev–Trinajstić information content (AvgIpc) is 2.65. The first-order valence-corrected chi connectivity index (χ1v) is 10.1. The molecule has 10 atom stereocenters. The number of rotatable bonds is 7. The quantitative estimate of drug-likeness (QED) is 0.164. The van der Waals surface area contributed by atoms with E-state index in [1.807, 2.05) is 0 Å². The predicted molar refractivity (Wildman–Crippen MR) is 90.6 cm³/mol. The molecule has 1 amide bonds. The van der Waals surface area contributed by atoms with Gasteiger partial charge in [0.2, 0.25) is 5.91 Å². The van der Waals surface area contributed by atoms with Crippen LogP contribution in [0.3, 0.4) is 0 Å². The van der Waals surface area contributed by atoms with Crippen molar-refractivity contribution in [2.24, 2.45) is 0 Å². The molecule has 30 heavy (non-hydrogen) atoms. The molecule has 8 N–H and O–H groups in total. The lowest BCUT2D eigenvalue weighted by Gasteiger charge is -2.46. The SMILES string of the molecule is CC(=O)N[C@H]1[C@@H](O[C@@H]2O[C@@H](COS(=O)(=O)O)[C@H](O)[C@H](O)[C@@H]2O)[C@@H](O)[C@H](CO)O[C@@H]1O. The zero-order valence-electron chi connectivity index (χ0n) is 15.6. The summed E-state index contributed by atoms with van der Waals surface area (Å²) in [6.07, 6.45) is -15.4. The summed E-state index contributed by atoms with van der Waals surface area (Å²) < 4.78 is 49.8. The van der Waals surface area contributed by atoms with Gasteiger partial charge in [0, 0.05) is 6.92 Å². The van der Waals surface area contributed by atoms with E-state index < -0.39 is 90.9 Å². The van der Waals surface area contributed by atoms with Crippen LogP contribution in [0.5, 0.6) is 0 Å². The summed E-state index contributed by atoms with van der Waals surface area (Å²) in [5, 5.41) is 62.1. The van der Waals surface area contributed by atoms with Crippen molar-refractivity contribution in [1.29, 1.82) is 0 Å². The van der Waals surface area contributed by atoms with Gasteiger partial charge in [0.15, 0.2) is 12.6 Å². The van der Waals surface area contributed by atoms with E-state index in [0.717, 1.165) is 6.92 Å². The maximum atomic E-state index is 11.4. The molecule has 0 aromatic carbocycles. The molecule has 0 spiro atoms. The summed E-state index contributed by atoms with van der Waals surface area (Å²) in [6.45, 7) is -0.606. The van der Waals surface area contributed by atoms with Crippen LogP contribution in [0.4, 0.5) is 0 Å². The number of aliphatic hydroxyl groups excluding tert-OH is 6. The third-order valence-corrected chi connectivity index (χ3v) is 5.02. The van der Waals surface area contributed by atoms with Gasteiger partial charge in [-0.15, -0.1) is 0 Å². The van der Waals surface area contributed by atoms with Gasteiger partial charge >= 0.3 is 10.4 Å². The second-order valence-corrected chi connectivity index (χ2v) is 7.88. The Hall–Kier alpha value is -1.02. The van der Waals surface area contributed by atoms with E-state index in [0.29, 0.717) is 0 Å². The molecule has 0 bridgehead atoms. The molecule has 2 saturated heterocycles. The van der Waals surface area contributed by atoms with Crippen molar-refractivity contribution < 1.29 is 66.8 Å². The summed E-state index contributed by atoms with van der Waals surface area (Å²) in [7, 11) is -4.91. The first kappa shape index (κ1) is 25.2. The summed E-state index contributed by atoms with van der Waals surface area (Å²) in [4.78, 5) is 11.4. The van der Waals surface area contributed by atoms with Crippen molar-refractivity contribution >= 4 is 16.3 Å². The van der Waals surface area contributed by atoms with Crippen LogP contribution in [0.15, 0.2) is 0 Å². The molecule has 2 fully saturated rings. The number of amides is 1. The van der Waals surface area contributed by atoms with Crippen molar-refractivity contribution in [2.45, 2.75) is 68.3 Å².